The van der Waals surface area contributed by atoms with Crippen molar-refractivity contribution in [3.63, 3.8) is 0 Å². The Bertz CT molecular complexity index is 1170. The van der Waals surface area contributed by atoms with Crippen LogP contribution in [-0.4, -0.2) is 70.9 Å². The molecule has 0 radical (unpaired) electrons. The molecule has 1 aliphatic heterocycles. The van der Waals surface area contributed by atoms with Crippen LogP contribution in [0, 0.1) is 11.6 Å². The number of rotatable bonds is 5. The normalized spacial score (nSPS) is 20.3. The third-order valence-electron chi connectivity index (χ3n) is 7.05. The van der Waals surface area contributed by atoms with Crippen molar-refractivity contribution < 1.29 is 23.1 Å². The van der Waals surface area contributed by atoms with Crippen molar-refractivity contribution in [2.45, 2.75) is 38.8 Å². The molecule has 0 aliphatic carbocycles. The first-order valence-electron chi connectivity index (χ1n) is 11.1. The molecule has 0 spiro atoms. The second kappa shape index (κ2) is 8.70. The molecule has 0 amide bonds. The summed E-state index contributed by atoms with van der Waals surface area (Å²) in [6, 6.07) is 6.38. The van der Waals surface area contributed by atoms with E-state index in [4.69, 9.17) is 4.74 Å². The van der Waals surface area contributed by atoms with E-state index in [9.17, 15) is 13.9 Å². The molecule has 1 N–H and O–H groups in total. The minimum atomic E-state index is -0.923. The molecule has 2 atom stereocenters. The number of hydrogen-bond acceptors (Lipinski definition) is 6. The van der Waals surface area contributed by atoms with Gasteiger partial charge in [0.05, 0.1) is 34.3 Å². The molecule has 4 rings (SSSR count). The summed E-state index contributed by atoms with van der Waals surface area (Å²) in [5, 5.41) is 10.7. The number of phenols is 1. The molecule has 0 bridgehead atoms. The average molecular weight is 459 g/mol. The molecule has 2 unspecified atom stereocenters. The van der Waals surface area contributed by atoms with E-state index in [1.807, 2.05) is 0 Å². The number of likely N-dealkylation sites (N-methyl/N-ethyl adjacent to an activating group) is 1. The first-order valence-corrected chi connectivity index (χ1v) is 11.1. The van der Waals surface area contributed by atoms with Crippen LogP contribution in [0.25, 0.3) is 10.8 Å². The van der Waals surface area contributed by atoms with Gasteiger partial charge in [-0.25, -0.2) is 8.78 Å². The average Bonchev–Trinajstić information content (AvgIpc) is 2.78. The first kappa shape index (κ1) is 23.1. The number of piperazine rings is 1. The highest BCUT2D eigenvalue weighted by molar-refractivity contribution is 5.88. The lowest BCUT2D eigenvalue weighted by Gasteiger charge is -2.48. The predicted molar refractivity (Wildman–Crippen MR) is 123 cm³/mol. The zero-order valence-electron chi connectivity index (χ0n) is 19.6. The quantitative estimate of drug-likeness (QED) is 0.591. The Labute approximate surface area is 192 Å². The Kier molecular flexibility index (Phi) is 6.09. The molecular weight excluding hydrogens is 428 g/mol. The largest absolute Gasteiger partial charge is 0.508 e. The number of aromatic nitrogens is 3. The maximum atomic E-state index is 14.6. The van der Waals surface area contributed by atoms with Crippen LogP contribution in [0.2, 0.25) is 0 Å². The van der Waals surface area contributed by atoms with Gasteiger partial charge in [0.25, 0.3) is 0 Å². The number of ether oxygens (including phenoxy) is 1. The van der Waals surface area contributed by atoms with Crippen LogP contribution in [0.4, 0.5) is 14.7 Å². The van der Waals surface area contributed by atoms with Gasteiger partial charge in [-0.15, -0.1) is 0 Å². The highest BCUT2D eigenvalue weighted by atomic mass is 19.2. The summed E-state index contributed by atoms with van der Waals surface area (Å²) in [5.41, 5.74) is 0.488. The smallest absolute Gasteiger partial charge is 0.321 e. The van der Waals surface area contributed by atoms with Crippen LogP contribution in [0.1, 0.15) is 25.2 Å². The maximum absolute atomic E-state index is 14.6. The molecule has 9 heteroatoms. The molecule has 1 aliphatic rings. The van der Waals surface area contributed by atoms with Gasteiger partial charge in [0.15, 0.2) is 11.6 Å². The van der Waals surface area contributed by atoms with Crippen LogP contribution in [0.15, 0.2) is 24.3 Å². The molecule has 2 heterocycles. The van der Waals surface area contributed by atoms with Crippen molar-refractivity contribution in [1.82, 2.24) is 15.0 Å². The molecule has 1 aromatic heterocycles. The zero-order valence-corrected chi connectivity index (χ0v) is 19.6. The van der Waals surface area contributed by atoms with Crippen molar-refractivity contribution in [1.29, 1.82) is 0 Å². The molecule has 2 aromatic carbocycles. The number of halogens is 2. The number of aryl methyl sites for hydroxylation is 2. The summed E-state index contributed by atoms with van der Waals surface area (Å²) < 4.78 is 34.7. The Morgan fingerprint density at radius 1 is 1.06 bits per heavy atom. The van der Waals surface area contributed by atoms with Gasteiger partial charge in [-0.3, -0.25) is 0 Å². The standard InChI is InChI=1S/C24H29F2N5O2/c1-14-12-30(13-15(2)31(14,3)4)23-27-20(28-24(29-23)33-5)9-7-17-11-18(32)10-16-6-8-19(25)22(26)21(16)17/h6,8,10-11,14-15H,7,9,12-13H2,1-5H3/p+1. The van der Waals surface area contributed by atoms with Crippen molar-refractivity contribution in [3.8, 4) is 11.8 Å². The number of anilines is 1. The number of aromatic hydroxyl groups is 1. The highest BCUT2D eigenvalue weighted by Gasteiger charge is 2.39. The molecular formula is C24H30F2N5O2+. The summed E-state index contributed by atoms with van der Waals surface area (Å²) in [6.45, 7) is 6.02. The second-order valence-electron chi connectivity index (χ2n) is 9.33. The fourth-order valence-electron chi connectivity index (χ4n) is 4.37. The lowest BCUT2D eigenvalue weighted by molar-refractivity contribution is -0.935. The Hall–Kier alpha value is -3.07. The van der Waals surface area contributed by atoms with Crippen molar-refractivity contribution in [2.24, 2.45) is 0 Å². The van der Waals surface area contributed by atoms with E-state index in [2.05, 4.69) is 47.8 Å². The van der Waals surface area contributed by atoms with Gasteiger partial charge in [-0.1, -0.05) is 6.07 Å². The van der Waals surface area contributed by atoms with Crippen LogP contribution >= 0.6 is 0 Å². The number of nitrogens with zero attached hydrogens (tertiary/aromatic N) is 5. The minimum absolute atomic E-state index is 0.00513. The van der Waals surface area contributed by atoms with E-state index in [1.54, 1.807) is 0 Å². The maximum Gasteiger partial charge on any atom is 0.321 e. The molecule has 0 saturated carbocycles. The fourth-order valence-corrected chi connectivity index (χ4v) is 4.37. The van der Waals surface area contributed by atoms with E-state index in [1.165, 1.54) is 25.3 Å². The van der Waals surface area contributed by atoms with E-state index in [0.717, 1.165) is 23.6 Å². The molecule has 176 valence electrons. The van der Waals surface area contributed by atoms with E-state index in [0.29, 0.717) is 47.6 Å². The number of methoxy groups -OCH3 is 1. The highest BCUT2D eigenvalue weighted by Crippen LogP contribution is 2.30. The van der Waals surface area contributed by atoms with E-state index in [-0.39, 0.29) is 17.1 Å². The van der Waals surface area contributed by atoms with Gasteiger partial charge in [-0.05, 0) is 49.4 Å². The summed E-state index contributed by atoms with van der Waals surface area (Å²) in [6.07, 6.45) is 0.662. The van der Waals surface area contributed by atoms with Gasteiger partial charge in [-0.2, -0.15) is 15.0 Å². The van der Waals surface area contributed by atoms with E-state index < -0.39 is 11.6 Å². The van der Waals surface area contributed by atoms with Crippen LogP contribution in [0.3, 0.4) is 0 Å². The predicted octanol–water partition coefficient (Wildman–Crippen LogP) is 3.48. The van der Waals surface area contributed by atoms with Gasteiger partial charge >= 0.3 is 6.01 Å². The Morgan fingerprint density at radius 2 is 1.76 bits per heavy atom. The number of benzene rings is 2. The summed E-state index contributed by atoms with van der Waals surface area (Å²) >= 11 is 0. The monoisotopic (exact) mass is 458 g/mol. The number of fused-ring (bicyclic) bond motifs is 1. The lowest BCUT2D eigenvalue weighted by atomic mass is 9.99. The van der Waals surface area contributed by atoms with Crippen molar-refractivity contribution in [3.05, 3.63) is 47.3 Å². The van der Waals surface area contributed by atoms with Crippen molar-refractivity contribution >= 4 is 16.7 Å². The SMILES string of the molecule is COc1nc(CCc2cc(O)cc3ccc(F)c(F)c23)nc(N2CC(C)[N+](C)(C)C(C)C2)n1. The topological polar surface area (TPSA) is 71.4 Å². The van der Waals surface area contributed by atoms with Gasteiger partial charge < -0.3 is 19.2 Å². The van der Waals surface area contributed by atoms with Gasteiger partial charge in [0.2, 0.25) is 5.95 Å². The summed E-state index contributed by atoms with van der Waals surface area (Å²) in [5.74, 6) is -0.811. The lowest BCUT2D eigenvalue weighted by Crippen LogP contribution is -2.65. The summed E-state index contributed by atoms with van der Waals surface area (Å²) in [7, 11) is 5.96. The Balaban J connectivity index is 1.63. The molecule has 1 saturated heterocycles. The number of quaternary nitrogens is 1. The van der Waals surface area contributed by atoms with Crippen molar-refractivity contribution in [2.75, 3.05) is 39.2 Å². The fraction of sp³-hybridized carbons (Fsp3) is 0.458. The zero-order chi connectivity index (χ0) is 23.9. The summed E-state index contributed by atoms with van der Waals surface area (Å²) in [4.78, 5) is 15.6. The second-order valence-corrected chi connectivity index (χ2v) is 9.33. The van der Waals surface area contributed by atoms with Crippen LogP contribution in [-0.2, 0) is 12.8 Å². The number of phenolic OH excluding ortho intramolecular Hbond substituents is 1. The first-order chi connectivity index (χ1) is 15.6. The van der Waals surface area contributed by atoms with Crippen LogP contribution < -0.4 is 9.64 Å². The molecule has 1 fully saturated rings. The molecule has 3 aromatic rings. The molecule has 7 nitrogen and oxygen atoms in total. The minimum Gasteiger partial charge on any atom is -0.508 e. The Morgan fingerprint density at radius 3 is 2.42 bits per heavy atom. The van der Waals surface area contributed by atoms with E-state index >= 15 is 0 Å². The number of hydrogen-bond donors (Lipinski definition) is 1. The third kappa shape index (κ3) is 4.42. The molecule has 33 heavy (non-hydrogen) atoms. The third-order valence-corrected chi connectivity index (χ3v) is 7.05. The van der Waals surface area contributed by atoms with Crippen LogP contribution in [0.5, 0.6) is 11.8 Å². The van der Waals surface area contributed by atoms with Gasteiger partial charge in [0, 0.05) is 11.8 Å². The van der Waals surface area contributed by atoms with Gasteiger partial charge in [0.1, 0.15) is 23.7 Å².